The molecule has 1 aromatic heterocycles. The molecule has 0 bridgehead atoms. The first kappa shape index (κ1) is 15.7. The molecule has 4 rings (SSSR count). The monoisotopic (exact) mass is 334 g/mol. The van der Waals surface area contributed by atoms with Crippen molar-refractivity contribution >= 4 is 22.6 Å². The first-order valence-corrected chi connectivity index (χ1v) is 8.71. The number of hydrogen-bond donors (Lipinski definition) is 2. The Morgan fingerprint density at radius 1 is 1.32 bits per heavy atom. The van der Waals surface area contributed by atoms with Gasteiger partial charge in [0.05, 0.1) is 17.1 Å². The van der Waals surface area contributed by atoms with E-state index in [4.69, 9.17) is 5.73 Å². The summed E-state index contributed by atoms with van der Waals surface area (Å²) in [5.74, 6) is 0.870. The molecule has 2 aromatic carbocycles. The number of aryl methyl sites for hydroxylation is 2. The quantitative estimate of drug-likeness (QED) is 0.723. The van der Waals surface area contributed by atoms with Crippen molar-refractivity contribution in [3.05, 3.63) is 59.4 Å². The average molecular weight is 334 g/mol. The number of nitrogens with zero attached hydrogens (tertiary/aromatic N) is 2. The molecule has 5 nitrogen and oxygen atoms in total. The van der Waals surface area contributed by atoms with Gasteiger partial charge in [-0.25, -0.2) is 4.98 Å². The van der Waals surface area contributed by atoms with Gasteiger partial charge in [0.1, 0.15) is 12.4 Å². The number of imidazole rings is 1. The summed E-state index contributed by atoms with van der Waals surface area (Å²) >= 11 is 0. The maximum absolute atomic E-state index is 12.7. The molecule has 0 spiro atoms. The Morgan fingerprint density at radius 2 is 2.16 bits per heavy atom. The number of carbonyl (C=O) groups excluding carboxylic acids is 1. The lowest BCUT2D eigenvalue weighted by Crippen LogP contribution is -2.33. The van der Waals surface area contributed by atoms with Gasteiger partial charge >= 0.3 is 0 Å². The van der Waals surface area contributed by atoms with Crippen LogP contribution < -0.4 is 11.1 Å². The van der Waals surface area contributed by atoms with E-state index in [1.165, 1.54) is 11.1 Å². The Labute approximate surface area is 146 Å². The Kier molecular flexibility index (Phi) is 3.92. The Morgan fingerprint density at radius 3 is 3.04 bits per heavy atom. The van der Waals surface area contributed by atoms with Crippen molar-refractivity contribution < 1.29 is 4.79 Å². The summed E-state index contributed by atoms with van der Waals surface area (Å²) in [4.78, 5) is 17.2. The highest BCUT2D eigenvalue weighted by Gasteiger charge is 2.22. The van der Waals surface area contributed by atoms with Crippen LogP contribution in [0.25, 0.3) is 11.0 Å². The fourth-order valence-electron chi connectivity index (χ4n) is 3.76. The maximum Gasteiger partial charge on any atom is 0.240 e. The van der Waals surface area contributed by atoms with Crippen LogP contribution >= 0.6 is 0 Å². The molecular formula is C20H22N4O. The summed E-state index contributed by atoms with van der Waals surface area (Å²) in [5, 5.41) is 3.20. The molecule has 1 amide bonds. The second kappa shape index (κ2) is 6.24. The van der Waals surface area contributed by atoms with Crippen molar-refractivity contribution in [3.8, 4) is 0 Å². The van der Waals surface area contributed by atoms with Crippen molar-refractivity contribution in [1.29, 1.82) is 0 Å². The predicted molar refractivity (Wildman–Crippen MR) is 99.1 cm³/mol. The van der Waals surface area contributed by atoms with Gasteiger partial charge in [-0.15, -0.1) is 0 Å². The van der Waals surface area contributed by atoms with Crippen LogP contribution in [-0.4, -0.2) is 15.5 Å². The standard InChI is InChI=1S/C20H22N4O/c1-13-22-18-6-2-3-8-19(18)24(13)12-20(25)23-17-7-4-5-14-11-15(21)9-10-16(14)17/h2-3,6,8-11,17H,4-5,7,12,21H2,1H3,(H,23,25). The first-order valence-electron chi connectivity index (χ1n) is 8.71. The van der Waals surface area contributed by atoms with Crippen LogP contribution in [0.1, 0.15) is 35.8 Å². The van der Waals surface area contributed by atoms with Crippen LogP contribution in [0.4, 0.5) is 5.69 Å². The molecule has 1 aliphatic carbocycles. The second-order valence-electron chi connectivity index (χ2n) is 6.70. The lowest BCUT2D eigenvalue weighted by Gasteiger charge is -2.27. The predicted octanol–water partition coefficient (Wildman–Crippen LogP) is 3.12. The highest BCUT2D eigenvalue weighted by molar-refractivity contribution is 5.81. The summed E-state index contributed by atoms with van der Waals surface area (Å²) < 4.78 is 1.97. The van der Waals surface area contributed by atoms with Gasteiger partial charge in [0.25, 0.3) is 0 Å². The molecule has 5 heteroatoms. The van der Waals surface area contributed by atoms with E-state index >= 15 is 0 Å². The largest absolute Gasteiger partial charge is 0.399 e. The van der Waals surface area contributed by atoms with Gasteiger partial charge in [0.2, 0.25) is 5.91 Å². The fraction of sp³-hybridized carbons (Fsp3) is 0.300. The van der Waals surface area contributed by atoms with Crippen LogP contribution in [0.5, 0.6) is 0 Å². The number of nitrogens with two attached hydrogens (primary N) is 1. The summed E-state index contributed by atoms with van der Waals surface area (Å²) in [5.41, 5.74) is 11.0. The lowest BCUT2D eigenvalue weighted by molar-refractivity contribution is -0.122. The third-order valence-electron chi connectivity index (χ3n) is 4.96. The number of nitrogen functional groups attached to an aromatic ring is 1. The van der Waals surface area contributed by atoms with E-state index in [1.54, 1.807) is 0 Å². The molecule has 1 atom stereocenters. The summed E-state index contributed by atoms with van der Waals surface area (Å²) in [6.45, 7) is 2.22. The number of nitrogens with one attached hydrogen (secondary N) is 1. The van der Waals surface area contributed by atoms with Gasteiger partial charge in [0.15, 0.2) is 0 Å². The molecular weight excluding hydrogens is 312 g/mol. The SMILES string of the molecule is Cc1nc2ccccc2n1CC(=O)NC1CCCc2cc(N)ccc21. The van der Waals surface area contributed by atoms with Crippen molar-refractivity contribution in [2.75, 3.05) is 5.73 Å². The molecule has 3 aromatic rings. The van der Waals surface area contributed by atoms with Crippen LogP contribution in [0.15, 0.2) is 42.5 Å². The van der Waals surface area contributed by atoms with E-state index < -0.39 is 0 Å². The number of carbonyl (C=O) groups is 1. The third-order valence-corrected chi connectivity index (χ3v) is 4.96. The smallest absolute Gasteiger partial charge is 0.240 e. The molecule has 128 valence electrons. The van der Waals surface area contributed by atoms with E-state index in [0.717, 1.165) is 41.8 Å². The van der Waals surface area contributed by atoms with Crippen molar-refractivity contribution in [3.63, 3.8) is 0 Å². The van der Waals surface area contributed by atoms with E-state index in [2.05, 4.69) is 10.3 Å². The molecule has 3 N–H and O–H groups in total. The van der Waals surface area contributed by atoms with Crippen molar-refractivity contribution in [1.82, 2.24) is 14.9 Å². The molecule has 25 heavy (non-hydrogen) atoms. The summed E-state index contributed by atoms with van der Waals surface area (Å²) in [6.07, 6.45) is 3.05. The van der Waals surface area contributed by atoms with E-state index in [-0.39, 0.29) is 18.5 Å². The molecule has 0 aliphatic heterocycles. The van der Waals surface area contributed by atoms with E-state index in [0.29, 0.717) is 0 Å². The number of amides is 1. The maximum atomic E-state index is 12.7. The third kappa shape index (κ3) is 2.97. The highest BCUT2D eigenvalue weighted by atomic mass is 16.2. The van der Waals surface area contributed by atoms with Gasteiger partial charge in [0, 0.05) is 5.69 Å². The zero-order chi connectivity index (χ0) is 17.4. The number of hydrogen-bond acceptors (Lipinski definition) is 3. The lowest BCUT2D eigenvalue weighted by atomic mass is 9.87. The normalized spacial score (nSPS) is 16.6. The molecule has 1 aliphatic rings. The fourth-order valence-corrected chi connectivity index (χ4v) is 3.76. The molecule has 0 radical (unpaired) electrons. The van der Waals surface area contributed by atoms with Crippen molar-refractivity contribution in [2.24, 2.45) is 0 Å². The average Bonchev–Trinajstić information content (AvgIpc) is 2.90. The Balaban J connectivity index is 1.54. The number of anilines is 1. The van der Waals surface area contributed by atoms with Crippen molar-refractivity contribution in [2.45, 2.75) is 38.8 Å². The van der Waals surface area contributed by atoms with Gasteiger partial charge < -0.3 is 15.6 Å². The molecule has 0 fully saturated rings. The number of para-hydroxylation sites is 2. The van der Waals surface area contributed by atoms with Crippen LogP contribution in [0.2, 0.25) is 0 Å². The highest BCUT2D eigenvalue weighted by Crippen LogP contribution is 2.31. The molecule has 1 unspecified atom stereocenters. The zero-order valence-electron chi connectivity index (χ0n) is 14.3. The molecule has 0 saturated heterocycles. The van der Waals surface area contributed by atoms with Crippen LogP contribution in [-0.2, 0) is 17.8 Å². The van der Waals surface area contributed by atoms with Gasteiger partial charge in [-0.3, -0.25) is 4.79 Å². The van der Waals surface area contributed by atoms with Gasteiger partial charge in [-0.05, 0) is 61.6 Å². The number of benzene rings is 2. The minimum absolute atomic E-state index is 0.0147. The minimum atomic E-state index is 0.0147. The summed E-state index contributed by atoms with van der Waals surface area (Å²) in [7, 11) is 0. The minimum Gasteiger partial charge on any atom is -0.399 e. The topological polar surface area (TPSA) is 72.9 Å². The Hall–Kier alpha value is -2.82. The Bertz CT molecular complexity index is 944. The van der Waals surface area contributed by atoms with Gasteiger partial charge in [-0.2, -0.15) is 0 Å². The first-order chi connectivity index (χ1) is 12.1. The van der Waals surface area contributed by atoms with Crippen LogP contribution in [0, 0.1) is 6.92 Å². The second-order valence-corrected chi connectivity index (χ2v) is 6.70. The number of aromatic nitrogens is 2. The van der Waals surface area contributed by atoms with Gasteiger partial charge in [-0.1, -0.05) is 18.2 Å². The molecule has 1 heterocycles. The van der Waals surface area contributed by atoms with Crippen LogP contribution in [0.3, 0.4) is 0 Å². The van der Waals surface area contributed by atoms with E-state index in [9.17, 15) is 4.79 Å². The van der Waals surface area contributed by atoms with E-state index in [1.807, 2.05) is 54.0 Å². The number of fused-ring (bicyclic) bond motifs is 2. The molecule has 0 saturated carbocycles. The summed E-state index contributed by atoms with van der Waals surface area (Å²) in [6, 6.07) is 14.0. The number of rotatable bonds is 3. The zero-order valence-corrected chi connectivity index (χ0v) is 14.3.